The van der Waals surface area contributed by atoms with Crippen LogP contribution in [0.4, 0.5) is 5.69 Å². The lowest BCUT2D eigenvalue weighted by molar-refractivity contribution is 0.0527. The number of esters is 1. The first-order chi connectivity index (χ1) is 9.99. The summed E-state index contributed by atoms with van der Waals surface area (Å²) in [6.45, 7) is 2.08. The Morgan fingerprint density at radius 1 is 1.38 bits per heavy atom. The van der Waals surface area contributed by atoms with Gasteiger partial charge < -0.3 is 14.4 Å². The summed E-state index contributed by atoms with van der Waals surface area (Å²) in [6, 6.07) is 3.50. The van der Waals surface area contributed by atoms with Gasteiger partial charge in [0.1, 0.15) is 11.3 Å². The standard InChI is InChI=1S/C15H17ClN2O3/c1-5-21-15(19)10-8-17-12-7-11(16)13(20-4)6-9(12)14(10)18(2)3/h6-8H,5H2,1-4H3. The van der Waals surface area contributed by atoms with Crippen LogP contribution in [0.1, 0.15) is 17.3 Å². The van der Waals surface area contributed by atoms with Gasteiger partial charge in [0.2, 0.25) is 0 Å². The molecule has 0 radical (unpaired) electrons. The third-order valence-corrected chi connectivity index (χ3v) is 3.35. The zero-order valence-electron chi connectivity index (χ0n) is 12.4. The van der Waals surface area contributed by atoms with Gasteiger partial charge in [0, 0.05) is 25.7 Å². The van der Waals surface area contributed by atoms with Gasteiger partial charge in [-0.2, -0.15) is 0 Å². The molecule has 0 bridgehead atoms. The maximum absolute atomic E-state index is 12.1. The molecule has 1 heterocycles. The SMILES string of the molecule is CCOC(=O)c1cnc2cc(Cl)c(OC)cc2c1N(C)C. The molecule has 0 amide bonds. The van der Waals surface area contributed by atoms with E-state index in [-0.39, 0.29) is 0 Å². The minimum absolute atomic E-state index is 0.313. The number of hydrogen-bond donors (Lipinski definition) is 0. The molecule has 5 nitrogen and oxygen atoms in total. The fourth-order valence-electron chi connectivity index (χ4n) is 2.18. The summed E-state index contributed by atoms with van der Waals surface area (Å²) in [4.78, 5) is 18.2. The first-order valence-electron chi connectivity index (χ1n) is 6.50. The van der Waals surface area contributed by atoms with Crippen molar-refractivity contribution in [3.05, 3.63) is 28.9 Å². The Bertz CT molecular complexity index is 686. The van der Waals surface area contributed by atoms with Crippen LogP contribution in [0, 0.1) is 0 Å². The molecular weight excluding hydrogens is 292 g/mol. The second kappa shape index (κ2) is 6.18. The zero-order chi connectivity index (χ0) is 15.6. The predicted molar refractivity (Wildman–Crippen MR) is 83.6 cm³/mol. The van der Waals surface area contributed by atoms with E-state index in [4.69, 9.17) is 21.1 Å². The number of benzene rings is 1. The van der Waals surface area contributed by atoms with Crippen molar-refractivity contribution in [3.8, 4) is 5.75 Å². The lowest BCUT2D eigenvalue weighted by atomic mass is 10.1. The first kappa shape index (κ1) is 15.4. The highest BCUT2D eigenvalue weighted by molar-refractivity contribution is 6.33. The van der Waals surface area contributed by atoms with Crippen molar-refractivity contribution < 1.29 is 14.3 Å². The van der Waals surface area contributed by atoms with Crippen LogP contribution in [0.5, 0.6) is 5.75 Å². The van der Waals surface area contributed by atoms with Crippen molar-refractivity contribution in [1.82, 2.24) is 4.98 Å². The van der Waals surface area contributed by atoms with Crippen LogP contribution in [0.25, 0.3) is 10.9 Å². The number of fused-ring (bicyclic) bond motifs is 1. The highest BCUT2D eigenvalue weighted by atomic mass is 35.5. The quantitative estimate of drug-likeness (QED) is 0.812. The average Bonchev–Trinajstić information content (AvgIpc) is 2.45. The number of anilines is 1. The van der Waals surface area contributed by atoms with E-state index in [1.165, 1.54) is 6.20 Å². The number of carbonyl (C=O) groups is 1. The largest absolute Gasteiger partial charge is 0.495 e. The van der Waals surface area contributed by atoms with Gasteiger partial charge in [0.15, 0.2) is 0 Å². The van der Waals surface area contributed by atoms with Crippen molar-refractivity contribution >= 4 is 34.2 Å². The lowest BCUT2D eigenvalue weighted by Crippen LogP contribution is -2.16. The molecule has 0 spiro atoms. The summed E-state index contributed by atoms with van der Waals surface area (Å²) in [6.07, 6.45) is 1.51. The van der Waals surface area contributed by atoms with Crippen molar-refractivity contribution in [2.45, 2.75) is 6.92 Å². The fourth-order valence-corrected chi connectivity index (χ4v) is 2.41. The maximum Gasteiger partial charge on any atom is 0.341 e. The maximum atomic E-state index is 12.1. The van der Waals surface area contributed by atoms with Crippen LogP contribution in [0.3, 0.4) is 0 Å². The van der Waals surface area contributed by atoms with E-state index in [9.17, 15) is 4.79 Å². The Labute approximate surface area is 128 Å². The van der Waals surface area contributed by atoms with E-state index >= 15 is 0 Å². The van der Waals surface area contributed by atoms with E-state index in [1.807, 2.05) is 19.0 Å². The summed E-state index contributed by atoms with van der Waals surface area (Å²) < 4.78 is 10.3. The van der Waals surface area contributed by atoms with Crippen molar-refractivity contribution in [2.24, 2.45) is 0 Å². The second-order valence-corrected chi connectivity index (χ2v) is 5.05. The molecule has 21 heavy (non-hydrogen) atoms. The number of rotatable bonds is 4. The Kier molecular flexibility index (Phi) is 4.53. The third kappa shape index (κ3) is 2.88. The molecule has 0 unspecified atom stereocenters. The van der Waals surface area contributed by atoms with Crippen LogP contribution in [-0.2, 0) is 4.74 Å². The van der Waals surface area contributed by atoms with Crippen LogP contribution >= 0.6 is 11.6 Å². The van der Waals surface area contributed by atoms with Gasteiger partial charge in [0.25, 0.3) is 0 Å². The van der Waals surface area contributed by atoms with E-state index in [1.54, 1.807) is 26.2 Å². The highest BCUT2D eigenvalue weighted by Gasteiger charge is 2.19. The Balaban J connectivity index is 2.75. The van der Waals surface area contributed by atoms with Gasteiger partial charge in [-0.15, -0.1) is 0 Å². The summed E-state index contributed by atoms with van der Waals surface area (Å²) in [7, 11) is 5.27. The first-order valence-corrected chi connectivity index (χ1v) is 6.88. The van der Waals surface area contributed by atoms with Gasteiger partial charge in [-0.3, -0.25) is 4.98 Å². The molecule has 0 saturated heterocycles. The van der Waals surface area contributed by atoms with Gasteiger partial charge in [-0.05, 0) is 19.1 Å². The molecule has 0 aliphatic rings. The predicted octanol–water partition coefficient (Wildman–Crippen LogP) is 3.14. The topological polar surface area (TPSA) is 51.7 Å². The number of ether oxygens (including phenoxy) is 2. The van der Waals surface area contributed by atoms with Gasteiger partial charge >= 0.3 is 5.97 Å². The molecule has 0 fully saturated rings. The van der Waals surface area contributed by atoms with Crippen LogP contribution in [0.2, 0.25) is 5.02 Å². The Morgan fingerprint density at radius 2 is 2.10 bits per heavy atom. The Hall–Kier alpha value is -2.01. The molecule has 0 N–H and O–H groups in total. The molecule has 1 aromatic carbocycles. The molecule has 0 saturated carbocycles. The minimum atomic E-state index is -0.399. The monoisotopic (exact) mass is 308 g/mol. The van der Waals surface area contributed by atoms with E-state index in [2.05, 4.69) is 4.98 Å². The second-order valence-electron chi connectivity index (χ2n) is 4.64. The Morgan fingerprint density at radius 3 is 2.67 bits per heavy atom. The van der Waals surface area contributed by atoms with E-state index in [0.29, 0.717) is 28.5 Å². The van der Waals surface area contributed by atoms with E-state index in [0.717, 1.165) is 11.1 Å². The van der Waals surface area contributed by atoms with E-state index < -0.39 is 5.97 Å². The summed E-state index contributed by atoms with van der Waals surface area (Å²) in [5, 5.41) is 1.26. The molecule has 0 atom stereocenters. The summed E-state index contributed by atoms with van der Waals surface area (Å²) >= 11 is 6.12. The third-order valence-electron chi connectivity index (χ3n) is 3.06. The molecule has 2 rings (SSSR count). The minimum Gasteiger partial charge on any atom is -0.495 e. The summed E-state index contributed by atoms with van der Waals surface area (Å²) in [5.74, 6) is 0.139. The number of carbonyl (C=O) groups excluding carboxylic acids is 1. The van der Waals surface area contributed by atoms with Gasteiger partial charge in [0.05, 0.1) is 29.9 Å². The number of pyridine rings is 1. The van der Waals surface area contributed by atoms with Gasteiger partial charge in [-0.25, -0.2) is 4.79 Å². The van der Waals surface area contributed by atoms with Crippen LogP contribution in [-0.4, -0.2) is 38.8 Å². The number of methoxy groups -OCH3 is 1. The van der Waals surface area contributed by atoms with Crippen LogP contribution < -0.4 is 9.64 Å². The van der Waals surface area contributed by atoms with Gasteiger partial charge in [-0.1, -0.05) is 11.6 Å². The number of aromatic nitrogens is 1. The molecule has 0 aliphatic carbocycles. The average molecular weight is 309 g/mol. The number of nitrogens with zero attached hydrogens (tertiary/aromatic N) is 2. The molecule has 112 valence electrons. The summed E-state index contributed by atoms with van der Waals surface area (Å²) in [5.41, 5.74) is 1.84. The lowest BCUT2D eigenvalue weighted by Gasteiger charge is -2.19. The zero-order valence-corrected chi connectivity index (χ0v) is 13.2. The molecule has 2 aromatic rings. The molecule has 0 aliphatic heterocycles. The molecule has 6 heteroatoms. The van der Waals surface area contributed by atoms with Crippen LogP contribution in [0.15, 0.2) is 18.3 Å². The highest BCUT2D eigenvalue weighted by Crippen LogP contribution is 2.35. The fraction of sp³-hybridized carbons (Fsp3) is 0.333. The molecule has 1 aromatic heterocycles. The number of hydrogen-bond acceptors (Lipinski definition) is 5. The number of halogens is 1. The van der Waals surface area contributed by atoms with Crippen molar-refractivity contribution in [3.63, 3.8) is 0 Å². The molecular formula is C15H17ClN2O3. The van der Waals surface area contributed by atoms with Crippen molar-refractivity contribution in [1.29, 1.82) is 0 Å². The van der Waals surface area contributed by atoms with Crippen molar-refractivity contribution in [2.75, 3.05) is 32.7 Å². The normalized spacial score (nSPS) is 10.5. The smallest absolute Gasteiger partial charge is 0.341 e.